The second-order valence-corrected chi connectivity index (χ2v) is 4.58. The minimum absolute atomic E-state index is 0.0280. The third-order valence-corrected chi connectivity index (χ3v) is 3.11. The molecule has 6 nitrogen and oxygen atoms in total. The summed E-state index contributed by atoms with van der Waals surface area (Å²) in [5.41, 5.74) is 8.16. The molecule has 1 aromatic heterocycles. The number of amidine groups is 1. The molecule has 0 aliphatic heterocycles. The zero-order chi connectivity index (χ0) is 15.4. The Kier molecular flexibility index (Phi) is 4.18. The molecule has 0 saturated carbocycles. The molecule has 0 radical (unpaired) electrons. The first-order valence-electron chi connectivity index (χ1n) is 6.31. The van der Waals surface area contributed by atoms with Crippen molar-refractivity contribution >= 4 is 17.4 Å². The number of rotatable bonds is 3. The number of anilines is 1. The summed E-state index contributed by atoms with van der Waals surface area (Å²) in [5, 5.41) is 11.6. The van der Waals surface area contributed by atoms with Crippen molar-refractivity contribution in [3.05, 3.63) is 59.4 Å². The molecule has 1 heterocycles. The van der Waals surface area contributed by atoms with Crippen molar-refractivity contribution in [1.82, 2.24) is 4.98 Å². The summed E-state index contributed by atoms with van der Waals surface area (Å²) in [4.78, 5) is 18.0. The summed E-state index contributed by atoms with van der Waals surface area (Å²) in [6.07, 6.45) is 1.61. The molecule has 108 valence electrons. The summed E-state index contributed by atoms with van der Waals surface area (Å²) in [7, 11) is 1.69. The number of hydrogen-bond acceptors (Lipinski definition) is 4. The Morgan fingerprint density at radius 2 is 1.90 bits per heavy atom. The third kappa shape index (κ3) is 3.17. The first-order chi connectivity index (χ1) is 10.0. The van der Waals surface area contributed by atoms with Gasteiger partial charge in [0, 0.05) is 35.8 Å². The van der Waals surface area contributed by atoms with Gasteiger partial charge in [-0.2, -0.15) is 0 Å². The van der Waals surface area contributed by atoms with Gasteiger partial charge >= 0.3 is 0 Å². The molecule has 0 aliphatic carbocycles. The Morgan fingerprint density at radius 3 is 2.48 bits per heavy atom. The van der Waals surface area contributed by atoms with Crippen molar-refractivity contribution in [2.45, 2.75) is 6.92 Å². The molecule has 0 bridgehead atoms. The van der Waals surface area contributed by atoms with Crippen LogP contribution in [0.25, 0.3) is 0 Å². The van der Waals surface area contributed by atoms with E-state index in [4.69, 9.17) is 10.9 Å². The highest BCUT2D eigenvalue weighted by Gasteiger charge is 2.14. The number of nitrogens with zero attached hydrogens (tertiary/aromatic N) is 3. The topological polar surface area (TPSA) is 91.8 Å². The highest BCUT2D eigenvalue weighted by atomic mass is 16.4. The smallest absolute Gasteiger partial charge is 0.258 e. The van der Waals surface area contributed by atoms with Crippen LogP contribution in [-0.4, -0.2) is 29.0 Å². The van der Waals surface area contributed by atoms with Gasteiger partial charge in [-0.15, -0.1) is 0 Å². The van der Waals surface area contributed by atoms with Crippen LogP contribution in [-0.2, 0) is 0 Å². The van der Waals surface area contributed by atoms with Gasteiger partial charge in [0.15, 0.2) is 5.84 Å². The number of benzene rings is 1. The summed E-state index contributed by atoms with van der Waals surface area (Å²) in [5.74, 6) is -0.0997. The van der Waals surface area contributed by atoms with E-state index in [1.807, 2.05) is 6.92 Å². The van der Waals surface area contributed by atoms with Gasteiger partial charge in [0.1, 0.15) is 0 Å². The van der Waals surface area contributed by atoms with Crippen LogP contribution in [0.3, 0.4) is 0 Å². The fourth-order valence-corrected chi connectivity index (χ4v) is 1.90. The number of carbonyl (C=O) groups is 1. The van der Waals surface area contributed by atoms with E-state index < -0.39 is 0 Å². The predicted molar refractivity (Wildman–Crippen MR) is 80.7 cm³/mol. The first-order valence-corrected chi connectivity index (χ1v) is 6.31. The van der Waals surface area contributed by atoms with E-state index in [9.17, 15) is 4.79 Å². The second kappa shape index (κ2) is 6.04. The Labute approximate surface area is 122 Å². The van der Waals surface area contributed by atoms with Crippen molar-refractivity contribution in [1.29, 1.82) is 0 Å². The van der Waals surface area contributed by atoms with Crippen LogP contribution in [0.1, 0.15) is 21.6 Å². The Hall–Kier alpha value is -2.89. The van der Waals surface area contributed by atoms with Crippen LogP contribution in [0.2, 0.25) is 0 Å². The van der Waals surface area contributed by atoms with Crippen LogP contribution in [0.15, 0.2) is 47.8 Å². The van der Waals surface area contributed by atoms with E-state index in [1.165, 1.54) is 4.90 Å². The third-order valence-electron chi connectivity index (χ3n) is 3.11. The van der Waals surface area contributed by atoms with E-state index >= 15 is 0 Å². The molecule has 2 aromatic rings. The summed E-state index contributed by atoms with van der Waals surface area (Å²) in [6, 6.07) is 10.3. The maximum absolute atomic E-state index is 12.4. The molecule has 0 unspecified atom stereocenters. The molecule has 1 amide bonds. The summed E-state index contributed by atoms with van der Waals surface area (Å²) in [6.45, 7) is 1.84. The number of amides is 1. The van der Waals surface area contributed by atoms with Crippen LogP contribution in [0.4, 0.5) is 5.69 Å². The quantitative estimate of drug-likeness (QED) is 0.389. The lowest BCUT2D eigenvalue weighted by molar-refractivity contribution is 0.0993. The molecule has 1 aromatic carbocycles. The largest absolute Gasteiger partial charge is 0.409 e. The number of oxime groups is 1. The number of nitrogens with two attached hydrogens (primary N) is 1. The van der Waals surface area contributed by atoms with Gasteiger partial charge in [-0.1, -0.05) is 5.16 Å². The van der Waals surface area contributed by atoms with E-state index in [2.05, 4.69) is 10.1 Å². The summed E-state index contributed by atoms with van der Waals surface area (Å²) < 4.78 is 0. The SMILES string of the molecule is Cc1cc(C(=O)N(C)c2ccc(/C(N)=N/O)cc2)ccn1. The number of pyridine rings is 1. The molecule has 21 heavy (non-hydrogen) atoms. The zero-order valence-electron chi connectivity index (χ0n) is 11.8. The number of hydrogen-bond donors (Lipinski definition) is 2. The molecular formula is C15H16N4O2. The minimum Gasteiger partial charge on any atom is -0.409 e. The normalized spacial score (nSPS) is 11.2. The van der Waals surface area contributed by atoms with Crippen LogP contribution < -0.4 is 10.6 Å². The van der Waals surface area contributed by atoms with Gasteiger partial charge in [0.2, 0.25) is 0 Å². The molecular weight excluding hydrogens is 268 g/mol. The highest BCUT2D eigenvalue weighted by Crippen LogP contribution is 2.16. The van der Waals surface area contributed by atoms with Crippen LogP contribution in [0, 0.1) is 6.92 Å². The minimum atomic E-state index is -0.128. The Morgan fingerprint density at radius 1 is 1.24 bits per heavy atom. The van der Waals surface area contributed by atoms with E-state index in [0.717, 1.165) is 5.69 Å². The fraction of sp³-hybridized carbons (Fsp3) is 0.133. The van der Waals surface area contributed by atoms with Gasteiger partial charge in [0.25, 0.3) is 5.91 Å². The van der Waals surface area contributed by atoms with Crippen LogP contribution in [0.5, 0.6) is 0 Å². The lowest BCUT2D eigenvalue weighted by atomic mass is 10.1. The Bertz CT molecular complexity index is 680. The molecule has 0 atom stereocenters. The maximum atomic E-state index is 12.4. The van der Waals surface area contributed by atoms with Crippen molar-refractivity contribution < 1.29 is 10.0 Å². The van der Waals surface area contributed by atoms with Gasteiger partial charge in [0.05, 0.1) is 0 Å². The maximum Gasteiger partial charge on any atom is 0.258 e. The number of aromatic nitrogens is 1. The summed E-state index contributed by atoms with van der Waals surface area (Å²) >= 11 is 0. The fourth-order valence-electron chi connectivity index (χ4n) is 1.90. The standard InChI is InChI=1S/C15H16N4O2/c1-10-9-12(7-8-17-10)15(20)19(2)13-5-3-11(4-6-13)14(16)18-21/h3-9,21H,1-2H3,(H2,16,18). The highest BCUT2D eigenvalue weighted by molar-refractivity contribution is 6.06. The van der Waals surface area contributed by atoms with Crippen LogP contribution >= 0.6 is 0 Å². The van der Waals surface area contributed by atoms with Crippen molar-refractivity contribution in [3.8, 4) is 0 Å². The van der Waals surface area contributed by atoms with Gasteiger partial charge in [-0.3, -0.25) is 9.78 Å². The molecule has 6 heteroatoms. The van der Waals surface area contributed by atoms with E-state index in [-0.39, 0.29) is 11.7 Å². The van der Waals surface area contributed by atoms with Crippen molar-refractivity contribution in [2.24, 2.45) is 10.9 Å². The van der Waals surface area contributed by atoms with E-state index in [0.29, 0.717) is 16.8 Å². The molecule has 0 fully saturated rings. The molecule has 2 rings (SSSR count). The molecule has 0 spiro atoms. The molecule has 0 aliphatic rings. The Balaban J connectivity index is 2.23. The zero-order valence-corrected chi connectivity index (χ0v) is 11.8. The van der Waals surface area contributed by atoms with Gasteiger partial charge in [-0.25, -0.2) is 0 Å². The van der Waals surface area contributed by atoms with E-state index in [1.54, 1.807) is 49.6 Å². The lowest BCUT2D eigenvalue weighted by Gasteiger charge is -2.17. The average Bonchev–Trinajstić information content (AvgIpc) is 2.53. The second-order valence-electron chi connectivity index (χ2n) is 4.58. The van der Waals surface area contributed by atoms with Gasteiger partial charge in [-0.05, 0) is 43.3 Å². The van der Waals surface area contributed by atoms with Crippen molar-refractivity contribution in [2.75, 3.05) is 11.9 Å². The lowest BCUT2D eigenvalue weighted by Crippen LogP contribution is -2.26. The molecule has 0 saturated heterocycles. The monoisotopic (exact) mass is 284 g/mol. The molecule has 3 N–H and O–H groups in total. The van der Waals surface area contributed by atoms with Crippen molar-refractivity contribution in [3.63, 3.8) is 0 Å². The number of aryl methyl sites for hydroxylation is 1. The number of carbonyl (C=O) groups excluding carboxylic acids is 1. The van der Waals surface area contributed by atoms with Gasteiger partial charge < -0.3 is 15.8 Å². The average molecular weight is 284 g/mol. The predicted octanol–water partition coefficient (Wildman–Crippen LogP) is 1.76. The first kappa shape index (κ1) is 14.5.